The number of methoxy groups -OCH3 is 1. The minimum absolute atomic E-state index is 0.161. The first kappa shape index (κ1) is 32.2. The molecule has 0 aliphatic heterocycles. The molecule has 0 saturated heterocycles. The number of carbonyl (C=O) groups is 2. The standard InChI is InChI=1S/C30H32ClFN6O3.CH2O2/c1-17-11-22(41-16-28(39)40-2)8-9-23(17)18-12-27-29(36-21-6-4-20(33)5-7-21)24(14-35-38(27)15-18)30(34)37-26-13-19(32)3-10-25(26)31;2-1-3/h3,8-15,20-21,36H,4-7,16,33H2,1-2H3,(H2,34,37);1H,(H,2,3)/t20-,21-;. The van der Waals surface area contributed by atoms with E-state index in [-0.39, 0.29) is 36.7 Å². The number of halogens is 2. The summed E-state index contributed by atoms with van der Waals surface area (Å²) in [4.78, 5) is 24.3. The van der Waals surface area contributed by atoms with Crippen LogP contribution in [0.3, 0.4) is 0 Å². The van der Waals surface area contributed by atoms with Crippen molar-refractivity contribution in [1.29, 1.82) is 0 Å². The molecule has 0 atom stereocenters. The van der Waals surface area contributed by atoms with E-state index in [0.29, 0.717) is 16.3 Å². The van der Waals surface area contributed by atoms with Crippen molar-refractivity contribution in [3.8, 4) is 16.9 Å². The maximum absolute atomic E-state index is 13.9. The van der Waals surface area contributed by atoms with Crippen molar-refractivity contribution in [2.75, 3.05) is 19.0 Å². The lowest BCUT2D eigenvalue weighted by Gasteiger charge is -2.28. The molecule has 2 aromatic carbocycles. The zero-order valence-corrected chi connectivity index (χ0v) is 25.1. The number of ether oxygens (including phenoxy) is 2. The molecular weight excluding hydrogens is 591 g/mol. The zero-order valence-electron chi connectivity index (χ0n) is 24.3. The number of aliphatic imine (C=N–C) groups is 1. The molecule has 0 bridgehead atoms. The highest BCUT2D eigenvalue weighted by Crippen LogP contribution is 2.34. The van der Waals surface area contributed by atoms with E-state index in [4.69, 9.17) is 37.7 Å². The lowest BCUT2D eigenvalue weighted by Crippen LogP contribution is -2.33. The number of anilines is 1. The summed E-state index contributed by atoms with van der Waals surface area (Å²) in [6.45, 7) is 1.56. The van der Waals surface area contributed by atoms with Crippen LogP contribution in [0.25, 0.3) is 16.6 Å². The van der Waals surface area contributed by atoms with Gasteiger partial charge in [-0.05, 0) is 74.1 Å². The first-order chi connectivity index (χ1) is 21.1. The van der Waals surface area contributed by atoms with E-state index in [2.05, 4.69) is 20.1 Å². The number of aromatic nitrogens is 2. The summed E-state index contributed by atoms with van der Waals surface area (Å²) in [5.41, 5.74) is 17.9. The fourth-order valence-corrected chi connectivity index (χ4v) is 5.19. The second-order valence-corrected chi connectivity index (χ2v) is 10.7. The lowest BCUT2D eigenvalue weighted by molar-refractivity contribution is -0.142. The summed E-state index contributed by atoms with van der Waals surface area (Å²) in [5.74, 6) is -0.179. The minimum Gasteiger partial charge on any atom is -0.483 e. The van der Waals surface area contributed by atoms with Crippen LogP contribution in [-0.4, -0.2) is 58.8 Å². The van der Waals surface area contributed by atoms with Gasteiger partial charge in [-0.3, -0.25) is 4.79 Å². The van der Waals surface area contributed by atoms with Crippen LogP contribution in [0.15, 0.2) is 59.9 Å². The average Bonchev–Trinajstić information content (AvgIpc) is 3.44. The van der Waals surface area contributed by atoms with Gasteiger partial charge in [-0.15, -0.1) is 0 Å². The largest absolute Gasteiger partial charge is 0.483 e. The maximum atomic E-state index is 13.9. The number of rotatable bonds is 8. The summed E-state index contributed by atoms with van der Waals surface area (Å²) in [6.07, 6.45) is 7.27. The third-order valence-corrected chi connectivity index (χ3v) is 7.60. The first-order valence-corrected chi connectivity index (χ1v) is 14.2. The third kappa shape index (κ3) is 7.82. The van der Waals surface area contributed by atoms with Crippen LogP contribution in [0.1, 0.15) is 36.8 Å². The van der Waals surface area contributed by atoms with Crippen LogP contribution in [-0.2, 0) is 14.3 Å². The van der Waals surface area contributed by atoms with Crippen molar-refractivity contribution in [1.82, 2.24) is 9.61 Å². The number of esters is 1. The van der Waals surface area contributed by atoms with Crippen molar-refractivity contribution in [3.63, 3.8) is 0 Å². The van der Waals surface area contributed by atoms with Gasteiger partial charge in [0.1, 0.15) is 17.4 Å². The normalized spacial score (nSPS) is 16.5. The van der Waals surface area contributed by atoms with Crippen LogP contribution >= 0.6 is 11.6 Å². The Morgan fingerprint density at radius 3 is 2.64 bits per heavy atom. The molecule has 2 aromatic heterocycles. The third-order valence-electron chi connectivity index (χ3n) is 7.28. The number of nitrogens with one attached hydrogen (secondary N) is 1. The second-order valence-electron chi connectivity index (χ2n) is 10.3. The summed E-state index contributed by atoms with van der Waals surface area (Å²) < 4.78 is 25.9. The Morgan fingerprint density at radius 1 is 1.23 bits per heavy atom. The molecule has 2 heterocycles. The predicted molar refractivity (Wildman–Crippen MR) is 167 cm³/mol. The molecule has 1 aliphatic carbocycles. The van der Waals surface area contributed by atoms with Crippen LogP contribution < -0.4 is 21.5 Å². The zero-order chi connectivity index (χ0) is 31.8. The van der Waals surface area contributed by atoms with Crippen molar-refractivity contribution < 1.29 is 28.6 Å². The number of hydrogen-bond acceptors (Lipinski definition) is 8. The van der Waals surface area contributed by atoms with Crippen LogP contribution in [0.4, 0.5) is 15.8 Å². The van der Waals surface area contributed by atoms with E-state index in [1.54, 1.807) is 10.7 Å². The van der Waals surface area contributed by atoms with Gasteiger partial charge in [-0.2, -0.15) is 5.10 Å². The van der Waals surface area contributed by atoms with Crippen molar-refractivity contribution in [2.24, 2.45) is 16.5 Å². The number of nitrogens with two attached hydrogens (primary N) is 2. The molecule has 44 heavy (non-hydrogen) atoms. The lowest BCUT2D eigenvalue weighted by atomic mass is 9.91. The Bertz CT molecular complexity index is 1670. The van der Waals surface area contributed by atoms with Crippen LogP contribution in [0.2, 0.25) is 5.02 Å². The Labute approximate surface area is 258 Å². The molecule has 11 nitrogen and oxygen atoms in total. The molecule has 5 rings (SSSR count). The smallest absolute Gasteiger partial charge is 0.343 e. The van der Waals surface area contributed by atoms with Gasteiger partial charge in [0.2, 0.25) is 0 Å². The van der Waals surface area contributed by atoms with Crippen molar-refractivity contribution >= 4 is 46.8 Å². The van der Waals surface area contributed by atoms with Gasteiger partial charge in [0, 0.05) is 29.9 Å². The van der Waals surface area contributed by atoms with Gasteiger partial charge in [-0.1, -0.05) is 17.7 Å². The van der Waals surface area contributed by atoms with E-state index in [1.807, 2.05) is 37.4 Å². The molecule has 0 amide bonds. The fourth-order valence-electron chi connectivity index (χ4n) is 5.03. The van der Waals surface area contributed by atoms with Crippen LogP contribution in [0, 0.1) is 12.7 Å². The van der Waals surface area contributed by atoms with E-state index in [0.717, 1.165) is 53.6 Å². The topological polar surface area (TPSA) is 167 Å². The number of carbonyl (C=O) groups excluding carboxylic acids is 1. The highest BCUT2D eigenvalue weighted by Gasteiger charge is 2.22. The Kier molecular flexibility index (Phi) is 10.7. The molecule has 13 heteroatoms. The second kappa shape index (κ2) is 14.7. The summed E-state index contributed by atoms with van der Waals surface area (Å²) >= 11 is 6.26. The summed E-state index contributed by atoms with van der Waals surface area (Å²) in [6, 6.07) is 12.0. The van der Waals surface area contributed by atoms with Gasteiger partial charge in [0.25, 0.3) is 6.47 Å². The molecule has 1 fully saturated rings. The van der Waals surface area contributed by atoms with E-state index in [1.165, 1.54) is 25.3 Å². The monoisotopic (exact) mass is 624 g/mol. The first-order valence-electron chi connectivity index (χ1n) is 13.8. The Hall–Kier alpha value is -4.68. The SMILES string of the molecule is COC(=O)COc1ccc(-c2cc3c(N[C@H]4CC[C@H](N)CC4)c(C(N)=Nc4cc(F)ccc4Cl)cnn3c2)c(C)c1.O=CO. The Morgan fingerprint density at radius 2 is 1.95 bits per heavy atom. The molecular formula is C31H34ClFN6O5. The number of nitrogens with zero attached hydrogens (tertiary/aromatic N) is 3. The van der Waals surface area contributed by atoms with Gasteiger partial charge in [-0.25, -0.2) is 18.7 Å². The molecule has 1 aliphatic rings. The van der Waals surface area contributed by atoms with Gasteiger partial charge >= 0.3 is 5.97 Å². The number of hydrogen-bond donors (Lipinski definition) is 4. The summed E-state index contributed by atoms with van der Waals surface area (Å²) in [5, 5.41) is 15.5. The number of carboxylic acid groups (broad SMARTS) is 1. The molecule has 0 unspecified atom stereocenters. The fraction of sp³-hybridized carbons (Fsp3) is 0.290. The number of benzene rings is 2. The molecule has 0 radical (unpaired) electrons. The molecule has 232 valence electrons. The Balaban J connectivity index is 0.00000141. The molecule has 1 saturated carbocycles. The van der Waals surface area contributed by atoms with Gasteiger partial charge in [0.05, 0.1) is 40.8 Å². The van der Waals surface area contributed by atoms with E-state index < -0.39 is 11.8 Å². The molecule has 0 spiro atoms. The van der Waals surface area contributed by atoms with Gasteiger partial charge < -0.3 is 31.4 Å². The number of fused-ring (bicyclic) bond motifs is 1. The maximum Gasteiger partial charge on any atom is 0.343 e. The summed E-state index contributed by atoms with van der Waals surface area (Å²) in [7, 11) is 1.32. The molecule has 4 aromatic rings. The van der Waals surface area contributed by atoms with Crippen molar-refractivity contribution in [2.45, 2.75) is 44.7 Å². The number of aryl methyl sites for hydroxylation is 1. The average molecular weight is 625 g/mol. The van der Waals surface area contributed by atoms with Crippen LogP contribution in [0.5, 0.6) is 5.75 Å². The highest BCUT2D eigenvalue weighted by molar-refractivity contribution is 6.33. The van der Waals surface area contributed by atoms with Gasteiger partial charge in [0.15, 0.2) is 6.61 Å². The quantitative estimate of drug-likeness (QED) is 0.0905. The predicted octanol–water partition coefficient (Wildman–Crippen LogP) is 5.07. The van der Waals surface area contributed by atoms with E-state index in [9.17, 15) is 9.18 Å². The van der Waals surface area contributed by atoms with Crippen molar-refractivity contribution in [3.05, 3.63) is 76.8 Å². The number of amidine groups is 1. The van der Waals surface area contributed by atoms with E-state index >= 15 is 0 Å². The minimum atomic E-state index is -0.459. The highest BCUT2D eigenvalue weighted by atomic mass is 35.5. The molecule has 6 N–H and O–H groups in total.